The third-order valence-electron chi connectivity index (χ3n) is 5.92. The number of aromatic nitrogens is 2. The number of thiazole rings is 1. The van der Waals surface area contributed by atoms with Crippen LogP contribution in [0.1, 0.15) is 47.9 Å². The second-order valence-corrected chi connectivity index (χ2v) is 10.2. The van der Waals surface area contributed by atoms with E-state index in [-0.39, 0.29) is 17.0 Å². The Morgan fingerprint density at radius 1 is 1.26 bits per heavy atom. The molecule has 8 nitrogen and oxygen atoms in total. The van der Waals surface area contributed by atoms with E-state index in [0.717, 1.165) is 28.3 Å². The number of nitrogens with zero attached hydrogens (tertiary/aromatic N) is 2. The maximum absolute atomic E-state index is 12.4. The highest BCUT2D eigenvalue weighted by molar-refractivity contribution is 8.03. The van der Waals surface area contributed by atoms with Gasteiger partial charge in [-0.05, 0) is 44.1 Å². The number of aryl methyl sites for hydroxylation is 1. The first kappa shape index (κ1) is 21.0. The molecule has 6 rings (SSSR count). The largest absolute Gasteiger partial charge is 0.441 e. The second kappa shape index (κ2) is 7.75. The van der Waals surface area contributed by atoms with Crippen LogP contribution >= 0.6 is 23.1 Å². The number of carbonyl (C=O) groups is 2. The van der Waals surface area contributed by atoms with E-state index < -0.39 is 12.2 Å². The van der Waals surface area contributed by atoms with Crippen LogP contribution in [0.2, 0.25) is 0 Å². The van der Waals surface area contributed by atoms with Gasteiger partial charge in [0.1, 0.15) is 17.5 Å². The summed E-state index contributed by atoms with van der Waals surface area (Å²) in [6, 6.07) is 9.44. The van der Waals surface area contributed by atoms with Gasteiger partial charge in [0.2, 0.25) is 16.6 Å². The molecule has 0 saturated heterocycles. The molecule has 1 aromatic carbocycles. The smallest absolute Gasteiger partial charge is 0.412 e. The first-order valence-electron chi connectivity index (χ1n) is 10.6. The Morgan fingerprint density at radius 3 is 2.82 bits per heavy atom. The number of nitrogens with one attached hydrogen (secondary N) is 1. The van der Waals surface area contributed by atoms with Gasteiger partial charge in [0.05, 0.1) is 10.3 Å². The topological polar surface area (TPSA) is 104 Å². The molecule has 0 bridgehead atoms. The van der Waals surface area contributed by atoms with Crippen molar-refractivity contribution in [3.8, 4) is 16.9 Å². The fourth-order valence-corrected chi connectivity index (χ4v) is 6.01. The van der Waals surface area contributed by atoms with Gasteiger partial charge >= 0.3 is 6.09 Å². The minimum atomic E-state index is -0.636. The number of fused-ring (bicyclic) bond motifs is 2. The van der Waals surface area contributed by atoms with Gasteiger partial charge in [-0.3, -0.25) is 10.1 Å². The zero-order valence-electron chi connectivity index (χ0n) is 18.1. The number of carbonyl (C=O) groups excluding carboxylic acids is 2. The van der Waals surface area contributed by atoms with Crippen molar-refractivity contribution >= 4 is 40.7 Å². The van der Waals surface area contributed by atoms with Crippen LogP contribution in [0.25, 0.3) is 0 Å². The molecule has 3 heterocycles. The molecule has 2 aromatic heterocycles. The van der Waals surface area contributed by atoms with Crippen molar-refractivity contribution in [2.75, 3.05) is 5.32 Å². The molecule has 1 amide bonds. The van der Waals surface area contributed by atoms with Crippen LogP contribution in [0.3, 0.4) is 0 Å². The average Bonchev–Trinajstić information content (AvgIpc) is 3.49. The molecule has 34 heavy (non-hydrogen) atoms. The van der Waals surface area contributed by atoms with Crippen LogP contribution in [-0.4, -0.2) is 22.0 Å². The van der Waals surface area contributed by atoms with Crippen molar-refractivity contribution < 1.29 is 23.6 Å². The van der Waals surface area contributed by atoms with E-state index in [4.69, 9.17) is 14.0 Å². The van der Waals surface area contributed by atoms with Crippen LogP contribution in [0, 0.1) is 24.2 Å². The third-order valence-corrected chi connectivity index (χ3v) is 8.15. The van der Waals surface area contributed by atoms with Crippen molar-refractivity contribution in [2.24, 2.45) is 5.41 Å². The Bertz CT molecular complexity index is 1440. The molecule has 170 valence electrons. The van der Waals surface area contributed by atoms with Gasteiger partial charge in [-0.1, -0.05) is 58.6 Å². The van der Waals surface area contributed by atoms with E-state index in [1.807, 2.05) is 30.3 Å². The van der Waals surface area contributed by atoms with Gasteiger partial charge in [-0.2, -0.15) is 0 Å². The summed E-state index contributed by atoms with van der Waals surface area (Å²) in [7, 11) is 0. The van der Waals surface area contributed by atoms with Crippen molar-refractivity contribution in [3.05, 3.63) is 63.0 Å². The molecule has 1 fully saturated rings. The molecule has 1 unspecified atom stereocenters. The Hall–Kier alpha value is -3.55. The second-order valence-electron chi connectivity index (χ2n) is 8.19. The molecule has 1 N–H and O–H groups in total. The number of ketones is 1. The van der Waals surface area contributed by atoms with Gasteiger partial charge in [-0.15, -0.1) is 0 Å². The molecule has 1 atom stereocenters. The zero-order chi connectivity index (χ0) is 23.4. The lowest BCUT2D eigenvalue weighted by Crippen LogP contribution is -2.35. The van der Waals surface area contributed by atoms with Crippen LogP contribution in [0.15, 0.2) is 50.5 Å². The molecule has 10 heteroatoms. The van der Waals surface area contributed by atoms with Crippen molar-refractivity contribution in [2.45, 2.75) is 37.8 Å². The minimum Gasteiger partial charge on any atom is -0.441 e. The van der Waals surface area contributed by atoms with Gasteiger partial charge in [0.15, 0.2) is 15.8 Å². The lowest BCUT2D eigenvalue weighted by molar-refractivity contribution is -0.123. The summed E-state index contributed by atoms with van der Waals surface area (Å²) in [6.07, 6.45) is 0.715. The number of amides is 1. The number of hydrogen-bond donors (Lipinski definition) is 1. The van der Waals surface area contributed by atoms with Crippen molar-refractivity contribution in [3.63, 3.8) is 0 Å². The molecule has 2 aliphatic carbocycles. The van der Waals surface area contributed by atoms with E-state index in [9.17, 15) is 9.59 Å². The molecule has 1 saturated carbocycles. The maximum Gasteiger partial charge on any atom is 0.412 e. The van der Waals surface area contributed by atoms with Crippen LogP contribution in [0.5, 0.6) is 5.06 Å². The fraction of sp³-hybridized carbons (Fsp3) is 0.250. The number of thioether (sulfide) groups is 1. The summed E-state index contributed by atoms with van der Waals surface area (Å²) in [5.74, 6) is 6.57. The molecular formula is C24H17N3O5S2. The Labute approximate surface area is 202 Å². The molecule has 1 aliphatic heterocycles. The van der Waals surface area contributed by atoms with Gasteiger partial charge < -0.3 is 14.0 Å². The Morgan fingerprint density at radius 2 is 2.06 bits per heavy atom. The summed E-state index contributed by atoms with van der Waals surface area (Å²) < 4.78 is 16.6. The number of ether oxygens (including phenoxy) is 2. The van der Waals surface area contributed by atoms with E-state index >= 15 is 0 Å². The number of anilines is 1. The predicted octanol–water partition coefficient (Wildman–Crippen LogP) is 5.21. The highest BCUT2D eigenvalue weighted by atomic mass is 32.2. The SMILES string of the molecule is Cc1noc(C#Cc2nc3c(s2)OC2=C(S3)C3(CC3)C2=O)c1NC(=O)OC(C)c1ccccc1. The van der Waals surface area contributed by atoms with Crippen LogP contribution in [0.4, 0.5) is 10.5 Å². The average molecular weight is 492 g/mol. The number of allylic oxidation sites excluding steroid dienone is 2. The lowest BCUT2D eigenvalue weighted by Gasteiger charge is -2.32. The van der Waals surface area contributed by atoms with Crippen LogP contribution in [-0.2, 0) is 9.53 Å². The van der Waals surface area contributed by atoms with E-state index in [1.165, 1.54) is 23.1 Å². The van der Waals surface area contributed by atoms with E-state index in [2.05, 4.69) is 27.3 Å². The quantitative estimate of drug-likeness (QED) is 0.498. The van der Waals surface area contributed by atoms with Gasteiger partial charge in [0, 0.05) is 0 Å². The Balaban J connectivity index is 1.16. The summed E-state index contributed by atoms with van der Waals surface area (Å²) in [5, 5.41) is 8.38. The molecular weight excluding hydrogens is 474 g/mol. The summed E-state index contributed by atoms with van der Waals surface area (Å²) in [6.45, 7) is 3.49. The minimum absolute atomic E-state index is 0.100. The molecule has 0 radical (unpaired) electrons. The summed E-state index contributed by atoms with van der Waals surface area (Å²) >= 11 is 2.76. The number of rotatable bonds is 3. The van der Waals surface area contributed by atoms with Crippen LogP contribution < -0.4 is 10.1 Å². The summed E-state index contributed by atoms with van der Waals surface area (Å²) in [4.78, 5) is 30.3. The first-order chi connectivity index (χ1) is 16.4. The maximum atomic E-state index is 12.4. The Kier molecular flexibility index (Phi) is 4.79. The third kappa shape index (κ3) is 3.40. The lowest BCUT2D eigenvalue weighted by atomic mass is 9.87. The number of Topliss-reactive ketones (excluding diaryl/α,β-unsaturated/α-hetero) is 1. The normalized spacial score (nSPS) is 17.5. The number of benzene rings is 1. The molecule has 3 aromatic rings. The number of hydrogen-bond acceptors (Lipinski definition) is 9. The van der Waals surface area contributed by atoms with Crippen molar-refractivity contribution in [1.82, 2.24) is 10.1 Å². The highest BCUT2D eigenvalue weighted by Crippen LogP contribution is 2.68. The summed E-state index contributed by atoms with van der Waals surface area (Å²) in [5.41, 5.74) is 1.41. The fourth-order valence-electron chi connectivity index (χ4n) is 3.85. The first-order valence-corrected chi connectivity index (χ1v) is 12.2. The molecule has 3 aliphatic rings. The standard InChI is InChI=1S/C24H17N3O5S2/c1-12-17(26-23(29)30-13(2)14-6-4-3-5-7-14)15(32-27-12)8-9-16-25-21-22(33-16)31-18-19(28)24(10-11-24)20(18)34-21/h3-7,13H,10-11H2,1-2H3,(H,26,29). The monoisotopic (exact) mass is 491 g/mol. The molecule has 1 spiro atoms. The predicted molar refractivity (Wildman–Crippen MR) is 124 cm³/mol. The van der Waals surface area contributed by atoms with Gasteiger partial charge in [-0.25, -0.2) is 9.78 Å². The highest BCUT2D eigenvalue weighted by Gasteiger charge is 2.65. The van der Waals surface area contributed by atoms with E-state index in [1.54, 1.807) is 13.8 Å². The van der Waals surface area contributed by atoms with E-state index in [0.29, 0.717) is 27.2 Å². The van der Waals surface area contributed by atoms with Gasteiger partial charge in [0.25, 0.3) is 0 Å². The zero-order valence-corrected chi connectivity index (χ0v) is 19.8. The van der Waals surface area contributed by atoms with Crippen molar-refractivity contribution in [1.29, 1.82) is 0 Å².